The summed E-state index contributed by atoms with van der Waals surface area (Å²) in [4.78, 5) is 0. The third kappa shape index (κ3) is 16.0. The van der Waals surface area contributed by atoms with E-state index in [0.29, 0.717) is 6.42 Å². The van der Waals surface area contributed by atoms with Gasteiger partial charge in [-0.25, -0.2) is 0 Å². The van der Waals surface area contributed by atoms with Crippen molar-refractivity contribution in [3.63, 3.8) is 0 Å². The van der Waals surface area contributed by atoms with Crippen LogP contribution >= 0.6 is 0 Å². The second-order valence-corrected chi connectivity index (χ2v) is 6.99. The molecular formula is C18H38O2. The van der Waals surface area contributed by atoms with Crippen LogP contribution in [0.4, 0.5) is 0 Å². The maximum absolute atomic E-state index is 9.77. The minimum atomic E-state index is -0.739. The summed E-state index contributed by atoms with van der Waals surface area (Å²) in [5.41, 5.74) is -0.739. The van der Waals surface area contributed by atoms with Gasteiger partial charge in [0.25, 0.3) is 0 Å². The predicted molar refractivity (Wildman–Crippen MR) is 88.0 cm³/mol. The van der Waals surface area contributed by atoms with Crippen molar-refractivity contribution in [3.8, 4) is 0 Å². The molecule has 0 heterocycles. The molecule has 0 fully saturated rings. The molecule has 0 aliphatic rings. The molecule has 0 rings (SSSR count). The number of hydrogen-bond donors (Lipinski definition) is 2. The molecule has 2 nitrogen and oxygen atoms in total. The Bertz CT molecular complexity index is 196. The van der Waals surface area contributed by atoms with E-state index >= 15 is 0 Å². The molecule has 2 N–H and O–H groups in total. The van der Waals surface area contributed by atoms with E-state index in [1.807, 2.05) is 0 Å². The van der Waals surface area contributed by atoms with Gasteiger partial charge in [0.05, 0.1) is 11.7 Å². The summed E-state index contributed by atoms with van der Waals surface area (Å²) in [6.45, 7) is 5.78. The second kappa shape index (κ2) is 12.6. The van der Waals surface area contributed by atoms with Crippen LogP contribution in [0.2, 0.25) is 0 Å². The number of unbranched alkanes of at least 4 members (excludes halogenated alkanes) is 10. The number of hydrogen-bond acceptors (Lipinski definition) is 2. The van der Waals surface area contributed by atoms with E-state index in [-0.39, 0.29) is 6.10 Å². The highest BCUT2D eigenvalue weighted by Crippen LogP contribution is 2.16. The van der Waals surface area contributed by atoms with Gasteiger partial charge in [-0.05, 0) is 20.3 Å². The van der Waals surface area contributed by atoms with Gasteiger partial charge in [-0.15, -0.1) is 0 Å². The van der Waals surface area contributed by atoms with Gasteiger partial charge in [0, 0.05) is 6.42 Å². The van der Waals surface area contributed by atoms with Crippen molar-refractivity contribution in [1.82, 2.24) is 0 Å². The van der Waals surface area contributed by atoms with Crippen LogP contribution in [0.25, 0.3) is 0 Å². The molecule has 20 heavy (non-hydrogen) atoms. The molecule has 2 heteroatoms. The van der Waals surface area contributed by atoms with Gasteiger partial charge in [-0.3, -0.25) is 0 Å². The maximum atomic E-state index is 9.77. The smallest absolute Gasteiger partial charge is 0.0616 e. The van der Waals surface area contributed by atoms with E-state index in [0.717, 1.165) is 12.8 Å². The lowest BCUT2D eigenvalue weighted by Gasteiger charge is -2.21. The molecule has 1 unspecified atom stereocenters. The summed E-state index contributed by atoms with van der Waals surface area (Å²) in [6.07, 6.45) is 15.7. The number of aliphatic hydroxyl groups excluding tert-OH is 1. The van der Waals surface area contributed by atoms with Crippen molar-refractivity contribution in [2.75, 3.05) is 0 Å². The first-order valence-corrected chi connectivity index (χ1v) is 8.86. The Morgan fingerprint density at radius 2 is 1.15 bits per heavy atom. The Hall–Kier alpha value is -0.0800. The van der Waals surface area contributed by atoms with E-state index < -0.39 is 5.60 Å². The minimum absolute atomic E-state index is 0.339. The van der Waals surface area contributed by atoms with Gasteiger partial charge in [-0.1, -0.05) is 77.6 Å². The number of aliphatic hydroxyl groups is 2. The normalized spacial score (nSPS) is 13.7. The summed E-state index contributed by atoms with van der Waals surface area (Å²) >= 11 is 0. The lowest BCUT2D eigenvalue weighted by molar-refractivity contribution is 0.0150. The fourth-order valence-electron chi connectivity index (χ4n) is 2.72. The Morgan fingerprint density at radius 3 is 1.55 bits per heavy atom. The largest absolute Gasteiger partial charge is 0.393 e. The van der Waals surface area contributed by atoms with Crippen LogP contribution in [-0.4, -0.2) is 21.9 Å². The monoisotopic (exact) mass is 286 g/mol. The third-order valence-corrected chi connectivity index (χ3v) is 3.88. The van der Waals surface area contributed by atoms with Gasteiger partial charge in [0.1, 0.15) is 0 Å². The molecule has 0 saturated heterocycles. The van der Waals surface area contributed by atoms with Gasteiger partial charge in [0.15, 0.2) is 0 Å². The SMILES string of the molecule is CCCCCCCCCCCCCC(O)CC(C)(C)O. The molecule has 0 saturated carbocycles. The average molecular weight is 286 g/mol. The Morgan fingerprint density at radius 1 is 0.750 bits per heavy atom. The highest BCUT2D eigenvalue weighted by Gasteiger charge is 2.17. The summed E-state index contributed by atoms with van der Waals surface area (Å²) in [5, 5.41) is 19.4. The van der Waals surface area contributed by atoms with Crippen molar-refractivity contribution in [2.24, 2.45) is 0 Å². The molecule has 0 aromatic heterocycles. The summed E-state index contributed by atoms with van der Waals surface area (Å²) in [6, 6.07) is 0. The van der Waals surface area contributed by atoms with Crippen molar-refractivity contribution >= 4 is 0 Å². The fraction of sp³-hybridized carbons (Fsp3) is 1.00. The maximum Gasteiger partial charge on any atom is 0.0616 e. The molecule has 0 bridgehead atoms. The van der Waals surface area contributed by atoms with Crippen LogP contribution in [-0.2, 0) is 0 Å². The highest BCUT2D eigenvalue weighted by atomic mass is 16.3. The van der Waals surface area contributed by atoms with Crippen LogP contribution in [0.1, 0.15) is 104 Å². The van der Waals surface area contributed by atoms with Gasteiger partial charge >= 0.3 is 0 Å². The van der Waals surface area contributed by atoms with Crippen molar-refractivity contribution < 1.29 is 10.2 Å². The molecular weight excluding hydrogens is 248 g/mol. The lowest BCUT2D eigenvalue weighted by atomic mass is 9.97. The molecule has 0 amide bonds. The molecule has 0 aliphatic heterocycles. The zero-order chi connectivity index (χ0) is 15.3. The molecule has 0 aromatic carbocycles. The number of rotatable bonds is 14. The van der Waals surface area contributed by atoms with Crippen LogP contribution in [0.5, 0.6) is 0 Å². The quantitative estimate of drug-likeness (QED) is 0.430. The van der Waals surface area contributed by atoms with Gasteiger partial charge in [-0.2, -0.15) is 0 Å². The predicted octanol–water partition coefficient (Wildman–Crippen LogP) is 5.21. The minimum Gasteiger partial charge on any atom is -0.393 e. The van der Waals surface area contributed by atoms with Crippen molar-refractivity contribution in [3.05, 3.63) is 0 Å². The van der Waals surface area contributed by atoms with Gasteiger partial charge in [0.2, 0.25) is 0 Å². The Kier molecular flexibility index (Phi) is 12.6. The molecule has 0 aliphatic carbocycles. The lowest BCUT2D eigenvalue weighted by Crippen LogP contribution is -2.26. The molecule has 122 valence electrons. The first-order valence-electron chi connectivity index (χ1n) is 8.86. The van der Waals surface area contributed by atoms with Crippen LogP contribution < -0.4 is 0 Å². The van der Waals surface area contributed by atoms with Crippen LogP contribution in [0, 0.1) is 0 Å². The first-order chi connectivity index (χ1) is 9.45. The van der Waals surface area contributed by atoms with Crippen molar-refractivity contribution in [2.45, 2.75) is 116 Å². The van der Waals surface area contributed by atoms with E-state index in [4.69, 9.17) is 0 Å². The van der Waals surface area contributed by atoms with E-state index in [2.05, 4.69) is 6.92 Å². The second-order valence-electron chi connectivity index (χ2n) is 6.99. The van der Waals surface area contributed by atoms with E-state index in [9.17, 15) is 10.2 Å². The molecule has 1 atom stereocenters. The van der Waals surface area contributed by atoms with Gasteiger partial charge < -0.3 is 10.2 Å². The van der Waals surface area contributed by atoms with Crippen LogP contribution in [0.3, 0.4) is 0 Å². The Balaban J connectivity index is 3.17. The summed E-state index contributed by atoms with van der Waals surface area (Å²) in [7, 11) is 0. The Labute approximate surface area is 127 Å². The summed E-state index contributed by atoms with van der Waals surface area (Å²) in [5.74, 6) is 0. The fourth-order valence-corrected chi connectivity index (χ4v) is 2.72. The molecule has 0 radical (unpaired) electrons. The van der Waals surface area contributed by atoms with Crippen LogP contribution in [0.15, 0.2) is 0 Å². The zero-order valence-electron chi connectivity index (χ0n) is 14.2. The average Bonchev–Trinajstić information content (AvgIpc) is 2.34. The first kappa shape index (κ1) is 19.9. The molecule has 0 spiro atoms. The standard InChI is InChI=1S/C18H38O2/c1-4-5-6-7-8-9-10-11-12-13-14-15-17(19)16-18(2,3)20/h17,19-20H,4-16H2,1-3H3. The summed E-state index contributed by atoms with van der Waals surface area (Å²) < 4.78 is 0. The topological polar surface area (TPSA) is 40.5 Å². The van der Waals surface area contributed by atoms with E-state index in [1.54, 1.807) is 13.8 Å². The van der Waals surface area contributed by atoms with Crippen molar-refractivity contribution in [1.29, 1.82) is 0 Å². The molecule has 0 aromatic rings. The zero-order valence-corrected chi connectivity index (χ0v) is 14.2. The highest BCUT2D eigenvalue weighted by molar-refractivity contribution is 4.70. The van der Waals surface area contributed by atoms with E-state index in [1.165, 1.54) is 64.2 Å². The third-order valence-electron chi connectivity index (χ3n) is 3.88.